The summed E-state index contributed by atoms with van der Waals surface area (Å²) in [5.41, 5.74) is 3.27. The van der Waals surface area contributed by atoms with Gasteiger partial charge in [-0.3, -0.25) is 4.79 Å². The largest absolute Gasteiger partial charge is 0.384 e. The molecule has 1 aliphatic rings. The van der Waals surface area contributed by atoms with Crippen LogP contribution in [0.3, 0.4) is 0 Å². The Hall–Kier alpha value is -2.18. The van der Waals surface area contributed by atoms with E-state index in [4.69, 9.17) is 4.74 Å². The molecule has 0 saturated carbocycles. The zero-order chi connectivity index (χ0) is 19.4. The molecule has 0 aliphatic carbocycles. The van der Waals surface area contributed by atoms with E-state index in [2.05, 4.69) is 10.6 Å². The van der Waals surface area contributed by atoms with Gasteiger partial charge < -0.3 is 19.9 Å². The highest BCUT2D eigenvalue weighted by Gasteiger charge is 2.33. The minimum absolute atomic E-state index is 0.0157. The van der Waals surface area contributed by atoms with Crippen molar-refractivity contribution >= 4 is 5.91 Å². The molecule has 1 aliphatic heterocycles. The molecule has 0 spiro atoms. The monoisotopic (exact) mass is 373 g/mol. The van der Waals surface area contributed by atoms with Gasteiger partial charge in [0.15, 0.2) is 0 Å². The number of methoxy groups -OCH3 is 1. The normalized spacial score (nSPS) is 16.3. The second-order valence-electron chi connectivity index (χ2n) is 7.46. The van der Waals surface area contributed by atoms with Crippen molar-refractivity contribution in [3.05, 3.63) is 53.1 Å². The molecule has 6 heteroatoms. The summed E-state index contributed by atoms with van der Waals surface area (Å²) in [7, 11) is 1.71. The van der Waals surface area contributed by atoms with Crippen molar-refractivity contribution in [2.75, 3.05) is 33.4 Å². The second kappa shape index (κ2) is 8.23. The Kier molecular flexibility index (Phi) is 5.97. The Bertz CT molecular complexity index is 787. The summed E-state index contributed by atoms with van der Waals surface area (Å²) >= 11 is 0. The van der Waals surface area contributed by atoms with Gasteiger partial charge in [0, 0.05) is 36.1 Å². The number of benzene rings is 1. The highest BCUT2D eigenvalue weighted by Crippen LogP contribution is 2.28. The number of hydrogen-bond donors (Lipinski definition) is 2. The molecule has 27 heavy (non-hydrogen) atoms. The van der Waals surface area contributed by atoms with Crippen molar-refractivity contribution in [1.29, 1.82) is 0 Å². The smallest absolute Gasteiger partial charge is 0.253 e. The lowest BCUT2D eigenvalue weighted by Crippen LogP contribution is -2.47. The van der Waals surface area contributed by atoms with Gasteiger partial charge in [-0.2, -0.15) is 0 Å². The first-order valence-electron chi connectivity index (χ1n) is 9.38. The van der Waals surface area contributed by atoms with Gasteiger partial charge in [0.05, 0.1) is 12.2 Å². The van der Waals surface area contributed by atoms with Crippen molar-refractivity contribution in [2.24, 2.45) is 5.41 Å². The number of ether oxygens (including phenoxy) is 1. The van der Waals surface area contributed by atoms with Crippen LogP contribution in [0, 0.1) is 25.1 Å². The van der Waals surface area contributed by atoms with Gasteiger partial charge in [-0.05, 0) is 70.1 Å². The van der Waals surface area contributed by atoms with E-state index in [0.717, 1.165) is 43.0 Å². The Balaban J connectivity index is 1.77. The number of halogens is 1. The SMILES string of the molecule is COCC1(CNC(=O)c2cc(C)n(-c3ccc(F)cc3)c2C)CCNCC1. The highest BCUT2D eigenvalue weighted by atomic mass is 19.1. The molecule has 1 amide bonds. The molecule has 1 aromatic heterocycles. The molecule has 1 saturated heterocycles. The zero-order valence-corrected chi connectivity index (χ0v) is 16.3. The van der Waals surface area contributed by atoms with Crippen molar-refractivity contribution in [3.63, 3.8) is 0 Å². The van der Waals surface area contributed by atoms with E-state index >= 15 is 0 Å². The molecule has 2 aromatic rings. The third-order valence-corrected chi connectivity index (χ3v) is 5.50. The van der Waals surface area contributed by atoms with Crippen molar-refractivity contribution in [1.82, 2.24) is 15.2 Å². The van der Waals surface area contributed by atoms with Crippen molar-refractivity contribution in [2.45, 2.75) is 26.7 Å². The standard InChI is InChI=1S/C21H28FN3O2/c1-15-12-19(16(2)25(15)18-6-4-17(22)5-7-18)20(26)24-13-21(14-27-3)8-10-23-11-9-21/h4-7,12,23H,8-11,13-14H2,1-3H3,(H,24,26). The molecule has 1 aromatic carbocycles. The van der Waals surface area contributed by atoms with Crippen LogP contribution in [-0.2, 0) is 4.74 Å². The first-order valence-corrected chi connectivity index (χ1v) is 9.38. The number of nitrogens with one attached hydrogen (secondary N) is 2. The summed E-state index contributed by atoms with van der Waals surface area (Å²) in [5.74, 6) is -0.352. The van der Waals surface area contributed by atoms with E-state index in [1.54, 1.807) is 19.2 Å². The topological polar surface area (TPSA) is 55.3 Å². The van der Waals surface area contributed by atoms with Crippen LogP contribution in [-0.4, -0.2) is 43.8 Å². The van der Waals surface area contributed by atoms with Crippen LogP contribution in [0.2, 0.25) is 0 Å². The molecule has 2 heterocycles. The van der Waals surface area contributed by atoms with E-state index in [1.165, 1.54) is 12.1 Å². The van der Waals surface area contributed by atoms with Gasteiger partial charge in [0.1, 0.15) is 5.82 Å². The molecule has 2 N–H and O–H groups in total. The van der Waals surface area contributed by atoms with Crippen molar-refractivity contribution in [3.8, 4) is 5.69 Å². The fraction of sp³-hybridized carbons (Fsp3) is 0.476. The number of piperidine rings is 1. The molecule has 0 atom stereocenters. The number of aryl methyl sites for hydroxylation is 1. The lowest BCUT2D eigenvalue weighted by atomic mass is 9.79. The van der Waals surface area contributed by atoms with Crippen LogP contribution < -0.4 is 10.6 Å². The van der Waals surface area contributed by atoms with Crippen LogP contribution in [0.5, 0.6) is 0 Å². The summed E-state index contributed by atoms with van der Waals surface area (Å²) in [4.78, 5) is 12.9. The van der Waals surface area contributed by atoms with E-state index in [1.807, 2.05) is 24.5 Å². The fourth-order valence-corrected chi connectivity index (χ4v) is 3.98. The summed E-state index contributed by atoms with van der Waals surface area (Å²) < 4.78 is 20.6. The molecule has 3 rings (SSSR count). The summed E-state index contributed by atoms with van der Waals surface area (Å²) in [5, 5.41) is 6.48. The van der Waals surface area contributed by atoms with Gasteiger partial charge in [-0.15, -0.1) is 0 Å². The molecular weight excluding hydrogens is 345 g/mol. The molecule has 0 bridgehead atoms. The summed E-state index contributed by atoms with van der Waals surface area (Å²) in [6.07, 6.45) is 1.96. The molecule has 146 valence electrons. The Morgan fingerprint density at radius 1 is 1.26 bits per heavy atom. The van der Waals surface area contributed by atoms with E-state index in [9.17, 15) is 9.18 Å². The Morgan fingerprint density at radius 3 is 2.56 bits per heavy atom. The molecular formula is C21H28FN3O2. The predicted molar refractivity (Wildman–Crippen MR) is 104 cm³/mol. The highest BCUT2D eigenvalue weighted by molar-refractivity contribution is 5.96. The quantitative estimate of drug-likeness (QED) is 0.819. The number of hydrogen-bond acceptors (Lipinski definition) is 3. The number of carbonyl (C=O) groups excluding carboxylic acids is 1. The third-order valence-electron chi connectivity index (χ3n) is 5.50. The van der Waals surface area contributed by atoms with Gasteiger partial charge in [-0.25, -0.2) is 4.39 Å². The molecule has 1 fully saturated rings. The number of aromatic nitrogens is 1. The Labute approximate surface area is 159 Å². The predicted octanol–water partition coefficient (Wildman–Crippen LogP) is 2.98. The molecule has 0 unspecified atom stereocenters. The van der Waals surface area contributed by atoms with E-state index < -0.39 is 0 Å². The van der Waals surface area contributed by atoms with E-state index in [-0.39, 0.29) is 17.1 Å². The van der Waals surface area contributed by atoms with Crippen LogP contribution in [0.1, 0.15) is 34.6 Å². The fourth-order valence-electron chi connectivity index (χ4n) is 3.98. The van der Waals surface area contributed by atoms with E-state index in [0.29, 0.717) is 18.7 Å². The molecule has 0 radical (unpaired) electrons. The molecule has 5 nitrogen and oxygen atoms in total. The maximum absolute atomic E-state index is 13.2. The lowest BCUT2D eigenvalue weighted by Gasteiger charge is -2.37. The van der Waals surface area contributed by atoms with Gasteiger partial charge >= 0.3 is 0 Å². The Morgan fingerprint density at radius 2 is 1.93 bits per heavy atom. The van der Waals surface area contributed by atoms with Gasteiger partial charge in [0.25, 0.3) is 5.91 Å². The maximum atomic E-state index is 13.2. The third kappa shape index (κ3) is 4.22. The van der Waals surface area contributed by atoms with Crippen molar-refractivity contribution < 1.29 is 13.9 Å². The van der Waals surface area contributed by atoms with Gasteiger partial charge in [-0.1, -0.05) is 0 Å². The van der Waals surface area contributed by atoms with Crippen LogP contribution >= 0.6 is 0 Å². The van der Waals surface area contributed by atoms with Crippen LogP contribution in [0.15, 0.2) is 30.3 Å². The number of nitrogens with zero attached hydrogens (tertiary/aromatic N) is 1. The first kappa shape index (κ1) is 19.6. The van der Waals surface area contributed by atoms with Crippen LogP contribution in [0.25, 0.3) is 5.69 Å². The number of carbonyl (C=O) groups is 1. The van der Waals surface area contributed by atoms with Gasteiger partial charge in [0.2, 0.25) is 0 Å². The average molecular weight is 373 g/mol. The minimum Gasteiger partial charge on any atom is -0.384 e. The zero-order valence-electron chi connectivity index (χ0n) is 16.3. The second-order valence-corrected chi connectivity index (χ2v) is 7.46. The summed E-state index contributed by atoms with van der Waals surface area (Å²) in [6, 6.07) is 8.19. The number of amides is 1. The minimum atomic E-state index is -0.274. The number of rotatable bonds is 6. The first-order chi connectivity index (χ1) is 13.0. The summed E-state index contributed by atoms with van der Waals surface area (Å²) in [6.45, 7) is 6.99. The average Bonchev–Trinajstić information content (AvgIpc) is 2.96. The maximum Gasteiger partial charge on any atom is 0.253 e. The van der Waals surface area contributed by atoms with Crippen LogP contribution in [0.4, 0.5) is 4.39 Å². The lowest BCUT2D eigenvalue weighted by molar-refractivity contribution is 0.0511.